The van der Waals surface area contributed by atoms with Crippen LogP contribution in [0.1, 0.15) is 18.4 Å². The van der Waals surface area contributed by atoms with E-state index in [0.717, 1.165) is 18.8 Å². The molecule has 0 amide bonds. The highest BCUT2D eigenvalue weighted by atomic mass is 79.9. The zero-order chi connectivity index (χ0) is 10.4. The minimum atomic E-state index is 0.998. The molecule has 1 aromatic heterocycles. The van der Waals surface area contributed by atoms with Gasteiger partial charge in [-0.3, -0.25) is 0 Å². The van der Waals surface area contributed by atoms with Crippen molar-refractivity contribution in [3.63, 3.8) is 0 Å². The summed E-state index contributed by atoms with van der Waals surface area (Å²) < 4.78 is 1.22. The van der Waals surface area contributed by atoms with Gasteiger partial charge in [-0.15, -0.1) is 11.3 Å². The fraction of sp³-hybridized carbons (Fsp3) is 0.600. The van der Waals surface area contributed by atoms with E-state index in [1.165, 1.54) is 22.2 Å². The van der Waals surface area contributed by atoms with Crippen LogP contribution in [-0.2, 0) is 6.54 Å². The van der Waals surface area contributed by atoms with E-state index < -0.39 is 0 Å². The van der Waals surface area contributed by atoms with Crippen molar-refractivity contribution in [1.82, 2.24) is 4.90 Å². The van der Waals surface area contributed by atoms with Gasteiger partial charge < -0.3 is 4.90 Å². The first kappa shape index (κ1) is 12.6. The summed E-state index contributed by atoms with van der Waals surface area (Å²) >= 11 is 9.43. The second kappa shape index (κ2) is 6.88. The summed E-state index contributed by atoms with van der Waals surface area (Å²) in [6.45, 7) is 2.21. The van der Waals surface area contributed by atoms with Gasteiger partial charge in [-0.25, -0.2) is 0 Å². The van der Waals surface area contributed by atoms with E-state index in [2.05, 4.69) is 52.0 Å². The summed E-state index contributed by atoms with van der Waals surface area (Å²) in [5, 5.41) is 2.21. The van der Waals surface area contributed by atoms with Crippen molar-refractivity contribution in [3.8, 4) is 0 Å². The van der Waals surface area contributed by atoms with Crippen LogP contribution in [0.25, 0.3) is 0 Å². The Kier molecular flexibility index (Phi) is 6.17. The molecule has 0 fully saturated rings. The Balaban J connectivity index is 2.23. The normalized spacial score (nSPS) is 11.1. The third-order valence-corrected chi connectivity index (χ3v) is 3.89. The molecule has 0 atom stereocenters. The zero-order valence-electron chi connectivity index (χ0n) is 8.37. The average Bonchev–Trinajstić information content (AvgIpc) is 2.52. The Morgan fingerprint density at radius 1 is 1.50 bits per heavy atom. The van der Waals surface area contributed by atoms with Crippen molar-refractivity contribution in [2.45, 2.75) is 19.4 Å². The number of unbranched alkanes of at least 4 members (excludes halogenated alkanes) is 1. The second-order valence-corrected chi connectivity index (χ2v) is 6.17. The Morgan fingerprint density at radius 3 is 2.86 bits per heavy atom. The molecular formula is C10H16BrNS2. The number of thiol groups is 1. The molecule has 1 rings (SSSR count). The van der Waals surface area contributed by atoms with Gasteiger partial charge in [0.05, 0.1) is 3.79 Å². The van der Waals surface area contributed by atoms with Crippen molar-refractivity contribution in [2.24, 2.45) is 0 Å². The van der Waals surface area contributed by atoms with Gasteiger partial charge in [0, 0.05) is 6.54 Å². The molecule has 1 aromatic rings. The first-order chi connectivity index (χ1) is 6.72. The molecule has 0 N–H and O–H groups in total. The first-order valence-electron chi connectivity index (χ1n) is 4.74. The second-order valence-electron chi connectivity index (χ2n) is 3.43. The number of rotatable bonds is 6. The highest BCUT2D eigenvalue weighted by Crippen LogP contribution is 2.21. The third kappa shape index (κ3) is 4.82. The van der Waals surface area contributed by atoms with Gasteiger partial charge in [0.25, 0.3) is 0 Å². The minimum Gasteiger partial charge on any atom is -0.302 e. The molecular weight excluding hydrogens is 278 g/mol. The number of thiophene rings is 1. The maximum Gasteiger partial charge on any atom is 0.0701 e. The number of halogens is 1. The van der Waals surface area contributed by atoms with Crippen LogP contribution in [0.2, 0.25) is 0 Å². The minimum absolute atomic E-state index is 0.998. The predicted octanol–water partition coefficient (Wildman–Crippen LogP) is 3.65. The number of hydrogen-bond donors (Lipinski definition) is 1. The molecule has 0 saturated heterocycles. The van der Waals surface area contributed by atoms with E-state index >= 15 is 0 Å². The van der Waals surface area contributed by atoms with Crippen molar-refractivity contribution in [2.75, 3.05) is 19.3 Å². The van der Waals surface area contributed by atoms with Crippen LogP contribution < -0.4 is 0 Å². The zero-order valence-corrected chi connectivity index (χ0v) is 11.7. The molecule has 1 heterocycles. The van der Waals surface area contributed by atoms with Crippen LogP contribution in [0.3, 0.4) is 0 Å². The highest BCUT2D eigenvalue weighted by molar-refractivity contribution is 9.11. The number of nitrogens with zero attached hydrogens (tertiary/aromatic N) is 1. The summed E-state index contributed by atoms with van der Waals surface area (Å²) in [6, 6.07) is 2.19. The quantitative estimate of drug-likeness (QED) is 0.619. The van der Waals surface area contributed by atoms with Crippen molar-refractivity contribution in [1.29, 1.82) is 0 Å². The molecule has 80 valence electrons. The standard InChI is InChI=1S/C10H16BrNS2/c1-12(4-2-3-5-13)7-9-6-10(11)14-8-9/h6,8,13H,2-5,7H2,1H3. The SMILES string of the molecule is CN(CCCCS)Cc1csc(Br)c1. The fourth-order valence-electron chi connectivity index (χ4n) is 1.31. The molecule has 0 aliphatic heterocycles. The van der Waals surface area contributed by atoms with Gasteiger partial charge in [-0.2, -0.15) is 12.6 Å². The Labute approximate surface area is 104 Å². The van der Waals surface area contributed by atoms with E-state index in [-0.39, 0.29) is 0 Å². The van der Waals surface area contributed by atoms with Crippen molar-refractivity contribution < 1.29 is 0 Å². The fourth-order valence-corrected chi connectivity index (χ4v) is 2.74. The molecule has 0 bridgehead atoms. The third-order valence-electron chi connectivity index (χ3n) is 2.02. The van der Waals surface area contributed by atoms with Crippen LogP contribution in [0.4, 0.5) is 0 Å². The summed E-state index contributed by atoms with van der Waals surface area (Å²) in [7, 11) is 2.17. The Hall–Kier alpha value is 0.490. The summed E-state index contributed by atoms with van der Waals surface area (Å²) in [4.78, 5) is 2.36. The van der Waals surface area contributed by atoms with E-state index in [4.69, 9.17) is 0 Å². The molecule has 0 aliphatic carbocycles. The van der Waals surface area contributed by atoms with Crippen LogP contribution >= 0.6 is 39.9 Å². The average molecular weight is 294 g/mol. The lowest BCUT2D eigenvalue weighted by atomic mass is 10.3. The monoisotopic (exact) mass is 293 g/mol. The van der Waals surface area contributed by atoms with Gasteiger partial charge in [0.2, 0.25) is 0 Å². The maximum absolute atomic E-state index is 4.20. The molecule has 14 heavy (non-hydrogen) atoms. The molecule has 0 unspecified atom stereocenters. The van der Waals surface area contributed by atoms with E-state index in [9.17, 15) is 0 Å². The molecule has 0 spiro atoms. The molecule has 4 heteroatoms. The van der Waals surface area contributed by atoms with Crippen LogP contribution in [-0.4, -0.2) is 24.2 Å². The molecule has 0 aromatic carbocycles. The molecule has 0 saturated carbocycles. The van der Waals surface area contributed by atoms with Crippen LogP contribution in [0, 0.1) is 0 Å². The molecule has 1 nitrogen and oxygen atoms in total. The topological polar surface area (TPSA) is 3.24 Å². The summed E-state index contributed by atoms with van der Waals surface area (Å²) in [5.74, 6) is 0.998. The summed E-state index contributed by atoms with van der Waals surface area (Å²) in [6.07, 6.45) is 2.45. The lowest BCUT2D eigenvalue weighted by Gasteiger charge is -2.14. The van der Waals surface area contributed by atoms with Crippen LogP contribution in [0.15, 0.2) is 15.2 Å². The molecule has 0 radical (unpaired) electrons. The van der Waals surface area contributed by atoms with Gasteiger partial charge in [0.1, 0.15) is 0 Å². The van der Waals surface area contributed by atoms with Gasteiger partial charge in [-0.1, -0.05) is 0 Å². The van der Waals surface area contributed by atoms with Gasteiger partial charge in [-0.05, 0) is 65.1 Å². The number of hydrogen-bond acceptors (Lipinski definition) is 3. The first-order valence-corrected chi connectivity index (χ1v) is 7.05. The highest BCUT2D eigenvalue weighted by Gasteiger charge is 2.01. The van der Waals surface area contributed by atoms with Crippen molar-refractivity contribution >= 4 is 39.9 Å². The lowest BCUT2D eigenvalue weighted by molar-refractivity contribution is 0.321. The van der Waals surface area contributed by atoms with E-state index in [1.807, 2.05) is 0 Å². The Bertz CT molecular complexity index is 262. The molecule has 0 aliphatic rings. The van der Waals surface area contributed by atoms with E-state index in [0.29, 0.717) is 0 Å². The summed E-state index contributed by atoms with van der Waals surface area (Å²) in [5.41, 5.74) is 1.40. The van der Waals surface area contributed by atoms with Gasteiger partial charge in [0.15, 0.2) is 0 Å². The van der Waals surface area contributed by atoms with Crippen molar-refractivity contribution in [3.05, 3.63) is 20.8 Å². The van der Waals surface area contributed by atoms with Crippen LogP contribution in [0.5, 0.6) is 0 Å². The largest absolute Gasteiger partial charge is 0.302 e. The predicted molar refractivity (Wildman–Crippen MR) is 71.4 cm³/mol. The maximum atomic E-state index is 4.20. The Morgan fingerprint density at radius 2 is 2.29 bits per heavy atom. The smallest absolute Gasteiger partial charge is 0.0701 e. The van der Waals surface area contributed by atoms with Gasteiger partial charge >= 0.3 is 0 Å². The van der Waals surface area contributed by atoms with E-state index in [1.54, 1.807) is 11.3 Å². The lowest BCUT2D eigenvalue weighted by Crippen LogP contribution is -2.18.